The van der Waals surface area contributed by atoms with Crippen LogP contribution in [0.4, 0.5) is 10.1 Å². The van der Waals surface area contributed by atoms with Crippen LogP contribution in [0.1, 0.15) is 15.9 Å². The summed E-state index contributed by atoms with van der Waals surface area (Å²) in [6.07, 6.45) is 4.14. The lowest BCUT2D eigenvalue weighted by Gasteiger charge is -2.20. The van der Waals surface area contributed by atoms with Gasteiger partial charge in [-0.05, 0) is 25.1 Å². The highest BCUT2D eigenvalue weighted by Gasteiger charge is 2.26. The lowest BCUT2D eigenvalue weighted by molar-refractivity contribution is 0.0964. The van der Waals surface area contributed by atoms with Crippen molar-refractivity contribution in [2.45, 2.75) is 6.92 Å². The number of hydrogen-bond acceptors (Lipinski definition) is 6. The number of carbonyl (C=O) groups excluding carboxylic acids is 1. The van der Waals surface area contributed by atoms with Gasteiger partial charge in [0.1, 0.15) is 22.9 Å². The average molecular weight is 584 g/mol. The van der Waals surface area contributed by atoms with Crippen molar-refractivity contribution >= 4 is 43.5 Å². The number of nitrogens with zero attached hydrogens (tertiary/aromatic N) is 3. The molecule has 0 unspecified atom stereocenters. The highest BCUT2D eigenvalue weighted by Crippen LogP contribution is 2.41. The third-order valence-electron chi connectivity index (χ3n) is 7.20. The maximum absolute atomic E-state index is 14.4. The smallest absolute Gasteiger partial charge is 0.255 e. The van der Waals surface area contributed by atoms with Gasteiger partial charge in [-0.1, -0.05) is 42.0 Å². The number of para-hydroxylation sites is 1. The van der Waals surface area contributed by atoms with Gasteiger partial charge in [0.2, 0.25) is 10.0 Å². The Morgan fingerprint density at radius 2 is 1.79 bits per heavy atom. The maximum atomic E-state index is 14.4. The molecule has 212 valence electrons. The van der Waals surface area contributed by atoms with Gasteiger partial charge in [0.15, 0.2) is 0 Å². The van der Waals surface area contributed by atoms with Crippen LogP contribution < -0.4 is 9.62 Å². The number of hydrogen-bond donors (Lipinski definition) is 2. The number of halogens is 1. The first-order valence-corrected chi connectivity index (χ1v) is 14.8. The molecule has 0 aliphatic rings. The zero-order chi connectivity index (χ0) is 29.8. The number of benzene rings is 3. The van der Waals surface area contributed by atoms with Crippen LogP contribution in [0.2, 0.25) is 0 Å². The number of fused-ring (bicyclic) bond motifs is 2. The lowest BCUT2D eigenvalue weighted by Crippen LogP contribution is -2.25. The van der Waals surface area contributed by atoms with Gasteiger partial charge in [-0.15, -0.1) is 0 Å². The van der Waals surface area contributed by atoms with Gasteiger partial charge in [0.25, 0.3) is 5.91 Å². The van der Waals surface area contributed by atoms with Gasteiger partial charge in [-0.25, -0.2) is 17.8 Å². The van der Waals surface area contributed by atoms with Crippen LogP contribution in [-0.4, -0.2) is 49.6 Å². The Bertz CT molecular complexity index is 2120. The molecular weight excluding hydrogens is 557 g/mol. The second kappa shape index (κ2) is 10.1. The third kappa shape index (κ3) is 4.67. The molecule has 0 fully saturated rings. The van der Waals surface area contributed by atoms with Gasteiger partial charge < -0.3 is 14.7 Å². The molecule has 9 nitrogen and oxygen atoms in total. The minimum Gasteiger partial charge on any atom is -0.455 e. The number of sulfonamides is 1. The molecule has 3 aromatic heterocycles. The first kappa shape index (κ1) is 27.2. The third-order valence-corrected chi connectivity index (χ3v) is 8.39. The van der Waals surface area contributed by atoms with E-state index in [1.807, 2.05) is 31.2 Å². The minimum atomic E-state index is -3.70. The summed E-state index contributed by atoms with van der Waals surface area (Å²) < 4.78 is 47.1. The number of anilines is 1. The van der Waals surface area contributed by atoms with Gasteiger partial charge in [0.05, 0.1) is 46.8 Å². The normalized spacial score (nSPS) is 11.7. The van der Waals surface area contributed by atoms with Crippen molar-refractivity contribution in [1.82, 2.24) is 20.3 Å². The first-order chi connectivity index (χ1) is 20.0. The van der Waals surface area contributed by atoms with Crippen molar-refractivity contribution in [3.05, 3.63) is 90.0 Å². The molecule has 0 aliphatic heterocycles. The summed E-state index contributed by atoms with van der Waals surface area (Å²) in [4.78, 5) is 25.4. The summed E-state index contributed by atoms with van der Waals surface area (Å²) in [5, 5.41) is 3.83. The molecule has 0 saturated heterocycles. The van der Waals surface area contributed by atoms with E-state index in [4.69, 9.17) is 9.40 Å². The van der Waals surface area contributed by atoms with E-state index in [1.54, 1.807) is 30.3 Å². The Labute approximate surface area is 241 Å². The van der Waals surface area contributed by atoms with E-state index < -0.39 is 15.8 Å². The Balaban J connectivity index is 1.60. The number of H-pyrrole nitrogens is 1. The molecule has 0 atom stereocenters. The van der Waals surface area contributed by atoms with Crippen LogP contribution in [0.5, 0.6) is 0 Å². The summed E-state index contributed by atoms with van der Waals surface area (Å²) in [7, 11) is -0.740. The summed E-state index contributed by atoms with van der Waals surface area (Å²) in [6.45, 7) is 1.96. The number of aromatic nitrogens is 3. The fourth-order valence-corrected chi connectivity index (χ4v) is 5.43. The fraction of sp³-hybridized carbons (Fsp3) is 0.129. The molecule has 1 amide bonds. The topological polar surface area (TPSA) is 121 Å². The van der Waals surface area contributed by atoms with Crippen molar-refractivity contribution in [3.8, 4) is 34.0 Å². The molecule has 6 aromatic rings. The number of carbonyl (C=O) groups is 1. The van der Waals surface area contributed by atoms with E-state index in [1.165, 1.54) is 32.6 Å². The summed E-state index contributed by atoms with van der Waals surface area (Å²) in [5.74, 6) is -0.398. The highest BCUT2D eigenvalue weighted by molar-refractivity contribution is 7.92. The molecule has 3 aromatic carbocycles. The maximum Gasteiger partial charge on any atom is 0.255 e. The van der Waals surface area contributed by atoms with Crippen molar-refractivity contribution in [1.29, 1.82) is 0 Å². The minimum absolute atomic E-state index is 0.284. The quantitative estimate of drug-likeness (QED) is 0.252. The molecule has 0 saturated carbocycles. The molecule has 0 radical (unpaired) electrons. The number of aromatic amines is 1. The first-order valence-electron chi connectivity index (χ1n) is 13.0. The zero-order valence-electron chi connectivity index (χ0n) is 23.2. The molecule has 6 rings (SSSR count). The number of amides is 1. The fourth-order valence-electron chi connectivity index (χ4n) is 4.92. The molecule has 2 N–H and O–H groups in total. The van der Waals surface area contributed by atoms with Crippen molar-refractivity contribution < 1.29 is 22.0 Å². The van der Waals surface area contributed by atoms with Crippen LogP contribution in [-0.2, 0) is 10.0 Å². The monoisotopic (exact) mass is 583 g/mol. The van der Waals surface area contributed by atoms with Gasteiger partial charge in [0, 0.05) is 42.1 Å². The van der Waals surface area contributed by atoms with Crippen LogP contribution in [0.3, 0.4) is 0 Å². The molecule has 3 heterocycles. The molecule has 0 aliphatic carbocycles. The van der Waals surface area contributed by atoms with E-state index in [-0.39, 0.29) is 11.6 Å². The lowest BCUT2D eigenvalue weighted by atomic mass is 10.0. The summed E-state index contributed by atoms with van der Waals surface area (Å²) in [6, 6.07) is 17.4. The molecular formula is C31H26FN5O4S. The predicted octanol–water partition coefficient (Wildman–Crippen LogP) is 5.91. The molecule has 0 bridgehead atoms. The predicted molar refractivity (Wildman–Crippen MR) is 161 cm³/mol. The standard InChI is InChI=1S/C31H26FN5O4S/c1-17-8-10-18(11-9-17)30-28(31(38)33-2)21-13-20(26(14-27(21)41-30)37(3)42(4,39)40)24-15-34-16-25(35-24)23-12-19-6-5-7-22(32)29(19)36-23/h5-16,36H,1-4H3,(H,33,38). The second-order valence-corrected chi connectivity index (χ2v) is 12.0. The number of furan rings is 1. The SMILES string of the molecule is CNC(=O)c1c(-c2ccc(C)cc2)oc2cc(N(C)S(C)(=O)=O)c(-c3cncc(-c4cc5cccc(F)c5[nH]4)n3)cc12. The van der Waals surface area contributed by atoms with Gasteiger partial charge >= 0.3 is 0 Å². The van der Waals surface area contributed by atoms with Crippen molar-refractivity contribution in [2.75, 3.05) is 24.7 Å². The van der Waals surface area contributed by atoms with Crippen molar-refractivity contribution in [2.24, 2.45) is 0 Å². The van der Waals surface area contributed by atoms with Crippen LogP contribution >= 0.6 is 0 Å². The van der Waals surface area contributed by atoms with E-state index >= 15 is 0 Å². The van der Waals surface area contributed by atoms with Gasteiger partial charge in [-0.2, -0.15) is 0 Å². The van der Waals surface area contributed by atoms with E-state index in [0.717, 1.165) is 16.1 Å². The van der Waals surface area contributed by atoms with Gasteiger partial charge in [-0.3, -0.25) is 14.1 Å². The van der Waals surface area contributed by atoms with E-state index in [2.05, 4.69) is 15.3 Å². The van der Waals surface area contributed by atoms with E-state index in [9.17, 15) is 17.6 Å². The Morgan fingerprint density at radius 3 is 2.48 bits per heavy atom. The van der Waals surface area contributed by atoms with E-state index in [0.29, 0.717) is 61.4 Å². The zero-order valence-corrected chi connectivity index (χ0v) is 24.0. The highest BCUT2D eigenvalue weighted by atomic mass is 32.2. The molecule has 11 heteroatoms. The Kier molecular flexibility index (Phi) is 6.53. The number of rotatable bonds is 6. The Hall–Kier alpha value is -5.03. The largest absolute Gasteiger partial charge is 0.455 e. The molecule has 42 heavy (non-hydrogen) atoms. The average Bonchev–Trinajstić information content (AvgIpc) is 3.58. The van der Waals surface area contributed by atoms with Crippen LogP contribution in [0, 0.1) is 12.7 Å². The second-order valence-electron chi connectivity index (χ2n) is 10.0. The summed E-state index contributed by atoms with van der Waals surface area (Å²) in [5.41, 5.74) is 4.73. The molecule has 0 spiro atoms. The number of aryl methyl sites for hydroxylation is 1. The summed E-state index contributed by atoms with van der Waals surface area (Å²) >= 11 is 0. The number of nitrogens with one attached hydrogen (secondary N) is 2. The van der Waals surface area contributed by atoms with Crippen LogP contribution in [0.15, 0.2) is 77.5 Å². The Morgan fingerprint density at radius 1 is 1.05 bits per heavy atom. The van der Waals surface area contributed by atoms with Crippen LogP contribution in [0.25, 0.3) is 55.8 Å². The van der Waals surface area contributed by atoms with Crippen molar-refractivity contribution in [3.63, 3.8) is 0 Å².